The SMILES string of the molecule is CN(CCOc1ccccc1[N+](=O)[O-])CCC(=O)O.Cl. The second-order valence-corrected chi connectivity index (χ2v) is 4.02. The van der Waals surface area contributed by atoms with Gasteiger partial charge < -0.3 is 14.7 Å². The summed E-state index contributed by atoms with van der Waals surface area (Å²) in [4.78, 5) is 22.4. The number of ether oxygens (including phenoxy) is 1. The first-order chi connectivity index (χ1) is 9.00. The van der Waals surface area contributed by atoms with Gasteiger partial charge in [-0.1, -0.05) is 12.1 Å². The molecule has 0 aliphatic rings. The van der Waals surface area contributed by atoms with E-state index in [1.165, 1.54) is 12.1 Å². The molecule has 0 fully saturated rings. The Kier molecular flexibility index (Phi) is 8.26. The molecule has 0 saturated heterocycles. The van der Waals surface area contributed by atoms with Crippen molar-refractivity contribution in [1.29, 1.82) is 0 Å². The summed E-state index contributed by atoms with van der Waals surface area (Å²) in [5.74, 6) is -0.634. The highest BCUT2D eigenvalue weighted by Gasteiger charge is 2.13. The predicted octanol–water partition coefficient (Wildman–Crippen LogP) is 1.80. The molecule has 0 saturated carbocycles. The second kappa shape index (κ2) is 9.11. The summed E-state index contributed by atoms with van der Waals surface area (Å²) < 4.78 is 5.35. The molecule has 1 aromatic rings. The summed E-state index contributed by atoms with van der Waals surface area (Å²) in [6.07, 6.45) is 0.0575. The van der Waals surface area contributed by atoms with Gasteiger partial charge in [0, 0.05) is 19.2 Å². The fourth-order valence-electron chi connectivity index (χ4n) is 1.44. The van der Waals surface area contributed by atoms with Gasteiger partial charge in [0.05, 0.1) is 11.3 Å². The molecule has 1 rings (SSSR count). The lowest BCUT2D eigenvalue weighted by molar-refractivity contribution is -0.385. The van der Waals surface area contributed by atoms with E-state index in [9.17, 15) is 14.9 Å². The third-order valence-electron chi connectivity index (χ3n) is 2.50. The number of rotatable bonds is 8. The quantitative estimate of drug-likeness (QED) is 0.581. The van der Waals surface area contributed by atoms with E-state index in [1.54, 1.807) is 24.1 Å². The highest BCUT2D eigenvalue weighted by atomic mass is 35.5. The fraction of sp³-hybridized carbons (Fsp3) is 0.417. The molecule has 0 atom stereocenters. The number of halogens is 1. The largest absolute Gasteiger partial charge is 0.485 e. The zero-order valence-electron chi connectivity index (χ0n) is 11.0. The first-order valence-corrected chi connectivity index (χ1v) is 5.77. The molecule has 0 spiro atoms. The summed E-state index contributed by atoms with van der Waals surface area (Å²) in [6, 6.07) is 6.15. The Morgan fingerprint density at radius 2 is 2.05 bits per heavy atom. The molecule has 0 unspecified atom stereocenters. The number of carboxylic acids is 1. The Balaban J connectivity index is 0.00000361. The van der Waals surface area contributed by atoms with Gasteiger partial charge in [-0.3, -0.25) is 14.9 Å². The molecule has 1 aromatic carbocycles. The first-order valence-electron chi connectivity index (χ1n) is 5.77. The minimum atomic E-state index is -0.855. The minimum absolute atomic E-state index is 0. The van der Waals surface area contributed by atoms with Crippen molar-refractivity contribution in [3.05, 3.63) is 34.4 Å². The molecular weight excluding hydrogens is 288 g/mol. The van der Waals surface area contributed by atoms with Gasteiger partial charge in [0.25, 0.3) is 0 Å². The molecule has 7 nitrogen and oxygen atoms in total. The van der Waals surface area contributed by atoms with Crippen molar-refractivity contribution < 1.29 is 19.6 Å². The van der Waals surface area contributed by atoms with E-state index in [0.29, 0.717) is 13.1 Å². The van der Waals surface area contributed by atoms with E-state index < -0.39 is 10.9 Å². The van der Waals surface area contributed by atoms with Crippen molar-refractivity contribution >= 4 is 24.1 Å². The van der Waals surface area contributed by atoms with Crippen LogP contribution in [0.25, 0.3) is 0 Å². The summed E-state index contributed by atoms with van der Waals surface area (Å²) in [6.45, 7) is 1.18. The Hall–Kier alpha value is -1.86. The Labute approximate surface area is 122 Å². The van der Waals surface area contributed by atoms with Crippen LogP contribution in [-0.4, -0.2) is 47.6 Å². The van der Waals surface area contributed by atoms with Crippen LogP contribution in [0.4, 0.5) is 5.69 Å². The van der Waals surface area contributed by atoms with E-state index in [2.05, 4.69) is 0 Å². The van der Waals surface area contributed by atoms with Crippen LogP contribution in [0.3, 0.4) is 0 Å². The van der Waals surface area contributed by atoms with Crippen LogP contribution in [0.2, 0.25) is 0 Å². The lowest BCUT2D eigenvalue weighted by Gasteiger charge is -2.15. The summed E-state index contributed by atoms with van der Waals surface area (Å²) in [5, 5.41) is 19.3. The van der Waals surface area contributed by atoms with Gasteiger partial charge in [0.15, 0.2) is 5.75 Å². The maximum atomic E-state index is 10.7. The predicted molar refractivity (Wildman–Crippen MR) is 75.6 cm³/mol. The molecule has 0 aromatic heterocycles. The van der Waals surface area contributed by atoms with Gasteiger partial charge in [0.2, 0.25) is 0 Å². The van der Waals surface area contributed by atoms with Crippen LogP contribution in [-0.2, 0) is 4.79 Å². The second-order valence-electron chi connectivity index (χ2n) is 4.02. The number of para-hydroxylation sites is 2. The first kappa shape index (κ1) is 18.1. The third kappa shape index (κ3) is 6.35. The maximum absolute atomic E-state index is 10.7. The van der Waals surface area contributed by atoms with E-state index in [0.717, 1.165) is 0 Å². The summed E-state index contributed by atoms with van der Waals surface area (Å²) in [5.41, 5.74) is -0.0734. The minimum Gasteiger partial charge on any atom is -0.485 e. The highest BCUT2D eigenvalue weighted by Crippen LogP contribution is 2.25. The number of aliphatic carboxylic acids is 1. The normalized spacial score (nSPS) is 9.90. The van der Waals surface area contributed by atoms with Crippen molar-refractivity contribution in [1.82, 2.24) is 4.90 Å². The Morgan fingerprint density at radius 1 is 1.40 bits per heavy atom. The number of nitro groups is 1. The molecule has 0 bridgehead atoms. The van der Waals surface area contributed by atoms with E-state index >= 15 is 0 Å². The molecule has 20 heavy (non-hydrogen) atoms. The van der Waals surface area contributed by atoms with Crippen molar-refractivity contribution in [3.63, 3.8) is 0 Å². The molecule has 0 amide bonds. The number of hydrogen-bond acceptors (Lipinski definition) is 5. The highest BCUT2D eigenvalue weighted by molar-refractivity contribution is 5.85. The van der Waals surface area contributed by atoms with Gasteiger partial charge in [0.1, 0.15) is 6.61 Å². The summed E-state index contributed by atoms with van der Waals surface area (Å²) in [7, 11) is 1.77. The molecular formula is C12H17ClN2O5. The number of benzene rings is 1. The number of likely N-dealkylation sites (N-methyl/N-ethyl adjacent to an activating group) is 1. The molecule has 0 radical (unpaired) electrons. The smallest absolute Gasteiger partial charge is 0.310 e. The fourth-order valence-corrected chi connectivity index (χ4v) is 1.44. The number of hydrogen-bond donors (Lipinski definition) is 1. The van der Waals surface area contributed by atoms with Crippen LogP contribution in [0, 0.1) is 10.1 Å². The molecule has 0 aliphatic carbocycles. The third-order valence-corrected chi connectivity index (χ3v) is 2.50. The zero-order chi connectivity index (χ0) is 14.3. The maximum Gasteiger partial charge on any atom is 0.310 e. The van der Waals surface area contributed by atoms with Crippen LogP contribution >= 0.6 is 12.4 Å². The number of carboxylic acid groups (broad SMARTS) is 1. The van der Waals surface area contributed by atoms with Crippen LogP contribution in [0.5, 0.6) is 5.75 Å². The molecule has 112 valence electrons. The number of nitro benzene ring substituents is 1. The molecule has 1 N–H and O–H groups in total. The van der Waals surface area contributed by atoms with Crippen molar-refractivity contribution in [2.24, 2.45) is 0 Å². The van der Waals surface area contributed by atoms with Gasteiger partial charge in [-0.25, -0.2) is 0 Å². The lowest BCUT2D eigenvalue weighted by Crippen LogP contribution is -2.26. The van der Waals surface area contributed by atoms with Crippen LogP contribution in [0.15, 0.2) is 24.3 Å². The monoisotopic (exact) mass is 304 g/mol. The van der Waals surface area contributed by atoms with Gasteiger partial charge in [-0.05, 0) is 13.1 Å². The van der Waals surface area contributed by atoms with E-state index in [4.69, 9.17) is 9.84 Å². The molecule has 0 heterocycles. The average molecular weight is 305 g/mol. The Morgan fingerprint density at radius 3 is 2.65 bits per heavy atom. The van der Waals surface area contributed by atoms with Crippen LogP contribution < -0.4 is 4.74 Å². The number of nitrogens with zero attached hydrogens (tertiary/aromatic N) is 2. The topological polar surface area (TPSA) is 92.9 Å². The van der Waals surface area contributed by atoms with E-state index in [-0.39, 0.29) is 36.9 Å². The van der Waals surface area contributed by atoms with Gasteiger partial charge in [-0.2, -0.15) is 0 Å². The van der Waals surface area contributed by atoms with E-state index in [1.807, 2.05) is 0 Å². The number of carbonyl (C=O) groups is 1. The summed E-state index contributed by atoms with van der Waals surface area (Å²) >= 11 is 0. The standard InChI is InChI=1S/C12H16N2O5.ClH/c1-13(7-6-12(15)16)8-9-19-11-5-3-2-4-10(11)14(17)18;/h2-5H,6-9H2,1H3,(H,15,16);1H. The Bertz CT molecular complexity index is 455. The van der Waals surface area contributed by atoms with Crippen molar-refractivity contribution in [2.45, 2.75) is 6.42 Å². The molecule has 0 aliphatic heterocycles. The van der Waals surface area contributed by atoms with Crippen molar-refractivity contribution in [3.8, 4) is 5.75 Å². The zero-order valence-corrected chi connectivity index (χ0v) is 11.8. The molecule has 8 heteroatoms. The van der Waals surface area contributed by atoms with Gasteiger partial charge in [-0.15, -0.1) is 12.4 Å². The van der Waals surface area contributed by atoms with Gasteiger partial charge >= 0.3 is 11.7 Å². The van der Waals surface area contributed by atoms with Crippen LogP contribution in [0.1, 0.15) is 6.42 Å². The van der Waals surface area contributed by atoms with Crippen molar-refractivity contribution in [2.75, 3.05) is 26.7 Å². The lowest BCUT2D eigenvalue weighted by atomic mass is 10.3. The average Bonchev–Trinajstić information content (AvgIpc) is 2.36.